The van der Waals surface area contributed by atoms with Gasteiger partial charge in [-0.1, -0.05) is 18.2 Å². The Morgan fingerprint density at radius 1 is 1.11 bits per heavy atom. The Hall–Kier alpha value is -3.42. The maximum Gasteiger partial charge on any atom is 0.313 e. The Morgan fingerprint density at radius 3 is 2.50 bits per heavy atom. The molecule has 0 saturated heterocycles. The first-order valence-electron chi connectivity index (χ1n) is 8.69. The third kappa shape index (κ3) is 4.28. The number of aromatic nitrogens is 1. The zero-order valence-corrected chi connectivity index (χ0v) is 15.4. The molecule has 8 heteroatoms. The molecule has 2 amide bonds. The number of H-pyrrole nitrogens is 1. The number of aromatic amines is 1. The number of benzene rings is 2. The van der Waals surface area contributed by atoms with Gasteiger partial charge in [-0.15, -0.1) is 0 Å². The molecular formula is C20H20F2N4O2. The molecule has 0 fully saturated rings. The molecule has 1 aromatic heterocycles. The molecule has 1 heterocycles. The first-order valence-corrected chi connectivity index (χ1v) is 8.69. The number of hydrogen-bond acceptors (Lipinski definition) is 3. The van der Waals surface area contributed by atoms with E-state index in [4.69, 9.17) is 0 Å². The van der Waals surface area contributed by atoms with Gasteiger partial charge in [-0.2, -0.15) is 0 Å². The molecule has 0 bridgehead atoms. The molecule has 0 aliphatic carbocycles. The Balaban J connectivity index is 1.60. The summed E-state index contributed by atoms with van der Waals surface area (Å²) in [6.07, 6.45) is 1.38. The highest BCUT2D eigenvalue weighted by atomic mass is 19.2. The Bertz CT molecular complexity index is 1000. The van der Waals surface area contributed by atoms with E-state index >= 15 is 0 Å². The Kier molecular flexibility index (Phi) is 5.58. The Labute approximate surface area is 160 Å². The highest BCUT2D eigenvalue weighted by Gasteiger charge is 2.19. The largest absolute Gasteiger partial charge is 0.373 e. The third-order valence-electron chi connectivity index (χ3n) is 4.30. The topological polar surface area (TPSA) is 77.2 Å². The van der Waals surface area contributed by atoms with E-state index in [2.05, 4.69) is 15.6 Å². The minimum absolute atomic E-state index is 0.197. The maximum absolute atomic E-state index is 13.5. The minimum Gasteiger partial charge on any atom is -0.373 e. The van der Waals surface area contributed by atoms with Gasteiger partial charge >= 0.3 is 11.8 Å². The van der Waals surface area contributed by atoms with Crippen LogP contribution in [0.2, 0.25) is 0 Å². The molecular weight excluding hydrogens is 366 g/mol. The lowest BCUT2D eigenvalue weighted by Crippen LogP contribution is -2.45. The van der Waals surface area contributed by atoms with E-state index in [1.807, 2.05) is 42.3 Å². The van der Waals surface area contributed by atoms with Crippen molar-refractivity contribution in [2.24, 2.45) is 0 Å². The van der Waals surface area contributed by atoms with Crippen LogP contribution in [0, 0.1) is 11.6 Å². The molecule has 1 atom stereocenters. The summed E-state index contributed by atoms with van der Waals surface area (Å²) in [7, 11) is 1.89. The van der Waals surface area contributed by atoms with Crippen molar-refractivity contribution in [1.29, 1.82) is 0 Å². The number of carbonyl (C=O) groups excluding carboxylic acids is 2. The van der Waals surface area contributed by atoms with E-state index in [-0.39, 0.29) is 17.1 Å². The van der Waals surface area contributed by atoms with E-state index < -0.39 is 23.4 Å². The summed E-state index contributed by atoms with van der Waals surface area (Å²) in [5.41, 5.74) is 1.50. The number of nitrogens with zero attached hydrogens (tertiary/aromatic N) is 1. The first kappa shape index (κ1) is 19.3. The van der Waals surface area contributed by atoms with E-state index in [0.29, 0.717) is 12.1 Å². The number of carbonyl (C=O) groups is 2. The molecule has 3 rings (SSSR count). The second kappa shape index (κ2) is 8.08. The zero-order valence-electron chi connectivity index (χ0n) is 15.4. The molecule has 146 valence electrons. The quantitative estimate of drug-likeness (QED) is 0.590. The summed E-state index contributed by atoms with van der Waals surface area (Å²) in [6, 6.07) is 11.3. The molecule has 3 aromatic rings. The molecule has 0 spiro atoms. The van der Waals surface area contributed by atoms with Crippen molar-refractivity contribution in [3.63, 3.8) is 0 Å². The summed E-state index contributed by atoms with van der Waals surface area (Å²) in [4.78, 5) is 29.0. The van der Waals surface area contributed by atoms with Gasteiger partial charge in [0.2, 0.25) is 0 Å². The van der Waals surface area contributed by atoms with Gasteiger partial charge in [0.1, 0.15) is 0 Å². The molecule has 0 saturated carbocycles. The van der Waals surface area contributed by atoms with Crippen LogP contribution in [0.5, 0.6) is 0 Å². The number of rotatable bonds is 5. The first-order chi connectivity index (χ1) is 13.3. The van der Waals surface area contributed by atoms with Gasteiger partial charge in [-0.25, -0.2) is 8.78 Å². The average Bonchev–Trinajstić information content (AvgIpc) is 3.04. The standard InChI is InChI=1S/C20H20F2N4O2/c1-12(11-26(2)13-6-4-3-5-7-13)24-19(27)20(28)25-18-10-23-17-9-16(22)15(21)8-14(17)18/h3-10,12,23H,11H2,1-2H3,(H,24,27)(H,25,28). The van der Waals surface area contributed by atoms with Gasteiger partial charge in [0.05, 0.1) is 11.2 Å². The molecule has 6 nitrogen and oxygen atoms in total. The maximum atomic E-state index is 13.5. The van der Waals surface area contributed by atoms with Crippen LogP contribution < -0.4 is 15.5 Å². The van der Waals surface area contributed by atoms with Crippen molar-refractivity contribution < 1.29 is 18.4 Å². The molecule has 1 unspecified atom stereocenters. The van der Waals surface area contributed by atoms with Crippen molar-refractivity contribution in [2.45, 2.75) is 13.0 Å². The number of anilines is 2. The van der Waals surface area contributed by atoms with Crippen molar-refractivity contribution in [3.05, 3.63) is 60.3 Å². The van der Waals surface area contributed by atoms with Crippen LogP contribution >= 0.6 is 0 Å². The molecule has 28 heavy (non-hydrogen) atoms. The summed E-state index contributed by atoms with van der Waals surface area (Å²) < 4.78 is 26.7. The van der Waals surface area contributed by atoms with E-state index in [1.165, 1.54) is 6.20 Å². The van der Waals surface area contributed by atoms with Crippen LogP contribution in [0.3, 0.4) is 0 Å². The summed E-state index contributed by atoms with van der Waals surface area (Å²) in [5, 5.41) is 5.32. The number of fused-ring (bicyclic) bond motifs is 1. The van der Waals surface area contributed by atoms with Crippen molar-refractivity contribution in [3.8, 4) is 0 Å². The number of amides is 2. The second-order valence-corrected chi connectivity index (χ2v) is 6.56. The van der Waals surface area contributed by atoms with Gasteiger partial charge in [0, 0.05) is 43.0 Å². The lowest BCUT2D eigenvalue weighted by atomic mass is 10.2. The molecule has 0 aliphatic rings. The van der Waals surface area contributed by atoms with Crippen molar-refractivity contribution >= 4 is 34.1 Å². The van der Waals surface area contributed by atoms with Crippen molar-refractivity contribution in [1.82, 2.24) is 10.3 Å². The zero-order chi connectivity index (χ0) is 20.3. The van der Waals surface area contributed by atoms with Gasteiger partial charge in [0.15, 0.2) is 11.6 Å². The van der Waals surface area contributed by atoms with Gasteiger partial charge < -0.3 is 20.5 Å². The van der Waals surface area contributed by atoms with Crippen LogP contribution in [0.15, 0.2) is 48.7 Å². The molecule has 0 radical (unpaired) electrons. The lowest BCUT2D eigenvalue weighted by Gasteiger charge is -2.24. The summed E-state index contributed by atoms with van der Waals surface area (Å²) >= 11 is 0. The molecule has 3 N–H and O–H groups in total. The fourth-order valence-corrected chi connectivity index (χ4v) is 2.93. The van der Waals surface area contributed by atoms with E-state index in [1.54, 1.807) is 6.92 Å². The van der Waals surface area contributed by atoms with E-state index in [9.17, 15) is 18.4 Å². The number of hydrogen-bond donors (Lipinski definition) is 3. The minimum atomic E-state index is -1.04. The average molecular weight is 386 g/mol. The third-order valence-corrected chi connectivity index (χ3v) is 4.30. The number of halogens is 2. The Morgan fingerprint density at radius 2 is 1.79 bits per heavy atom. The molecule has 0 aliphatic heterocycles. The highest BCUT2D eigenvalue weighted by molar-refractivity contribution is 6.40. The normalized spacial score (nSPS) is 11.9. The van der Waals surface area contributed by atoms with Crippen LogP contribution in [-0.2, 0) is 9.59 Å². The predicted octanol–water partition coefficient (Wildman–Crippen LogP) is 3.03. The van der Waals surface area contributed by atoms with Crippen LogP contribution in [0.4, 0.5) is 20.2 Å². The van der Waals surface area contributed by atoms with Gasteiger partial charge in [0.25, 0.3) is 0 Å². The number of nitrogens with one attached hydrogen (secondary N) is 3. The lowest BCUT2D eigenvalue weighted by molar-refractivity contribution is -0.136. The fraction of sp³-hybridized carbons (Fsp3) is 0.200. The highest BCUT2D eigenvalue weighted by Crippen LogP contribution is 2.25. The SMILES string of the molecule is CC(CN(C)c1ccccc1)NC(=O)C(=O)Nc1c[nH]c2cc(F)c(F)cc12. The monoisotopic (exact) mass is 386 g/mol. The van der Waals surface area contributed by atoms with Gasteiger partial charge in [-0.3, -0.25) is 9.59 Å². The smallest absolute Gasteiger partial charge is 0.313 e. The molecule has 2 aromatic carbocycles. The summed E-state index contributed by atoms with van der Waals surface area (Å²) in [5.74, 6) is -3.74. The summed E-state index contributed by atoms with van der Waals surface area (Å²) in [6.45, 7) is 2.29. The van der Waals surface area contributed by atoms with E-state index in [0.717, 1.165) is 17.8 Å². The number of para-hydroxylation sites is 1. The van der Waals surface area contributed by atoms with Crippen molar-refractivity contribution in [2.75, 3.05) is 23.8 Å². The van der Waals surface area contributed by atoms with Crippen LogP contribution in [-0.4, -0.2) is 36.4 Å². The van der Waals surface area contributed by atoms with Crippen LogP contribution in [0.25, 0.3) is 10.9 Å². The fourth-order valence-electron chi connectivity index (χ4n) is 2.93. The number of likely N-dealkylation sites (N-methyl/N-ethyl adjacent to an activating group) is 1. The van der Waals surface area contributed by atoms with Crippen LogP contribution in [0.1, 0.15) is 6.92 Å². The second-order valence-electron chi connectivity index (χ2n) is 6.56. The predicted molar refractivity (Wildman–Crippen MR) is 104 cm³/mol. The van der Waals surface area contributed by atoms with Gasteiger partial charge in [-0.05, 0) is 25.1 Å².